The van der Waals surface area contributed by atoms with Gasteiger partial charge in [0.15, 0.2) is 5.69 Å². The normalized spacial score (nSPS) is 12.8. The lowest BCUT2D eigenvalue weighted by Gasteiger charge is -2.09. The van der Waals surface area contributed by atoms with Crippen molar-refractivity contribution in [3.8, 4) is 0 Å². The third-order valence-electron chi connectivity index (χ3n) is 2.14. The first-order valence-electron chi connectivity index (χ1n) is 4.23. The van der Waals surface area contributed by atoms with Crippen molar-refractivity contribution in [3.63, 3.8) is 0 Å². The van der Waals surface area contributed by atoms with E-state index in [0.717, 1.165) is 6.42 Å². The van der Waals surface area contributed by atoms with Crippen LogP contribution in [0.5, 0.6) is 0 Å². The quantitative estimate of drug-likeness (QED) is 0.765. The molecule has 0 aliphatic carbocycles. The van der Waals surface area contributed by atoms with Crippen LogP contribution in [0.15, 0.2) is 0 Å². The van der Waals surface area contributed by atoms with Gasteiger partial charge in [-0.05, 0) is 20.3 Å². The van der Waals surface area contributed by atoms with Crippen molar-refractivity contribution in [1.29, 1.82) is 0 Å². The van der Waals surface area contributed by atoms with E-state index in [1.807, 2.05) is 13.8 Å². The molecule has 0 bridgehead atoms. The molecule has 72 valence electrons. The lowest BCUT2D eigenvalue weighted by Crippen LogP contribution is -2.08. The van der Waals surface area contributed by atoms with Gasteiger partial charge in [-0.15, -0.1) is 5.10 Å². The molecule has 0 aliphatic heterocycles. The summed E-state index contributed by atoms with van der Waals surface area (Å²) in [6, 6.07) is 0.195. The first kappa shape index (κ1) is 9.70. The molecule has 1 N–H and O–H groups in total. The van der Waals surface area contributed by atoms with Crippen molar-refractivity contribution < 1.29 is 9.90 Å². The summed E-state index contributed by atoms with van der Waals surface area (Å²) in [4.78, 5) is 10.6. The molecular weight excluding hydrogens is 170 g/mol. The molecule has 0 fully saturated rings. The fraction of sp³-hybridized carbons (Fsp3) is 0.625. The van der Waals surface area contributed by atoms with Gasteiger partial charge in [-0.25, -0.2) is 9.48 Å². The van der Waals surface area contributed by atoms with Crippen LogP contribution in [0, 0.1) is 6.92 Å². The minimum absolute atomic E-state index is 0.0419. The van der Waals surface area contributed by atoms with Gasteiger partial charge in [-0.3, -0.25) is 0 Å². The van der Waals surface area contributed by atoms with Crippen molar-refractivity contribution >= 4 is 5.97 Å². The lowest BCUT2D eigenvalue weighted by atomic mass is 10.2. The predicted molar refractivity (Wildman–Crippen MR) is 46.7 cm³/mol. The first-order chi connectivity index (χ1) is 6.07. The van der Waals surface area contributed by atoms with E-state index >= 15 is 0 Å². The zero-order chi connectivity index (χ0) is 10.0. The zero-order valence-corrected chi connectivity index (χ0v) is 7.98. The fourth-order valence-electron chi connectivity index (χ4n) is 1.13. The highest BCUT2D eigenvalue weighted by molar-refractivity contribution is 5.86. The number of aromatic carboxylic acids is 1. The second-order valence-electron chi connectivity index (χ2n) is 3.03. The monoisotopic (exact) mass is 183 g/mol. The van der Waals surface area contributed by atoms with Crippen LogP contribution >= 0.6 is 0 Å². The summed E-state index contributed by atoms with van der Waals surface area (Å²) in [7, 11) is 0. The van der Waals surface area contributed by atoms with Gasteiger partial charge in [-0.1, -0.05) is 12.1 Å². The molecule has 1 rings (SSSR count). The molecule has 0 saturated heterocycles. The Morgan fingerprint density at radius 2 is 2.31 bits per heavy atom. The number of carbonyl (C=O) groups is 1. The molecule has 1 unspecified atom stereocenters. The van der Waals surface area contributed by atoms with E-state index in [4.69, 9.17) is 5.11 Å². The predicted octanol–water partition coefficient (Wildman–Crippen LogP) is 1.26. The molecule has 0 radical (unpaired) electrons. The van der Waals surface area contributed by atoms with E-state index in [2.05, 4.69) is 10.3 Å². The fourth-order valence-corrected chi connectivity index (χ4v) is 1.13. The molecule has 5 nitrogen and oxygen atoms in total. The summed E-state index contributed by atoms with van der Waals surface area (Å²) in [6.07, 6.45) is 0.906. The molecule has 0 saturated carbocycles. The van der Waals surface area contributed by atoms with Gasteiger partial charge >= 0.3 is 5.97 Å². The maximum Gasteiger partial charge on any atom is 0.358 e. The Morgan fingerprint density at radius 1 is 1.69 bits per heavy atom. The van der Waals surface area contributed by atoms with Crippen LogP contribution in [-0.2, 0) is 0 Å². The first-order valence-corrected chi connectivity index (χ1v) is 4.23. The van der Waals surface area contributed by atoms with Crippen LogP contribution in [0.4, 0.5) is 0 Å². The second kappa shape index (κ2) is 3.55. The highest BCUT2D eigenvalue weighted by Crippen LogP contribution is 2.13. The largest absolute Gasteiger partial charge is 0.476 e. The van der Waals surface area contributed by atoms with E-state index in [-0.39, 0.29) is 11.7 Å². The van der Waals surface area contributed by atoms with E-state index in [1.165, 1.54) is 0 Å². The van der Waals surface area contributed by atoms with Gasteiger partial charge in [0.1, 0.15) is 0 Å². The van der Waals surface area contributed by atoms with Crippen molar-refractivity contribution in [1.82, 2.24) is 15.0 Å². The van der Waals surface area contributed by atoms with Gasteiger partial charge in [0.05, 0.1) is 11.7 Å². The summed E-state index contributed by atoms with van der Waals surface area (Å²) in [5, 5.41) is 16.1. The molecule has 1 heterocycles. The maximum atomic E-state index is 10.6. The maximum absolute atomic E-state index is 10.6. The van der Waals surface area contributed by atoms with E-state index < -0.39 is 5.97 Å². The lowest BCUT2D eigenvalue weighted by molar-refractivity contribution is 0.0689. The Balaban J connectivity index is 3.06. The number of carboxylic acids is 1. The van der Waals surface area contributed by atoms with Gasteiger partial charge in [0.2, 0.25) is 0 Å². The Kier molecular flexibility index (Phi) is 2.65. The summed E-state index contributed by atoms with van der Waals surface area (Å²) in [6.45, 7) is 5.72. The molecule has 0 aromatic carbocycles. The van der Waals surface area contributed by atoms with E-state index in [0.29, 0.717) is 5.69 Å². The molecule has 0 spiro atoms. The summed E-state index contributed by atoms with van der Waals surface area (Å²) < 4.78 is 1.64. The molecule has 1 aromatic heterocycles. The topological polar surface area (TPSA) is 68.0 Å². The van der Waals surface area contributed by atoms with Crippen molar-refractivity contribution in [3.05, 3.63) is 11.4 Å². The smallest absolute Gasteiger partial charge is 0.358 e. The Bertz CT molecular complexity index is 319. The highest BCUT2D eigenvalue weighted by atomic mass is 16.4. The summed E-state index contributed by atoms with van der Waals surface area (Å²) >= 11 is 0. The SMILES string of the molecule is CCC(C)n1nnc(C(=O)O)c1C. The molecular formula is C8H13N3O2. The van der Waals surface area contributed by atoms with Crippen LogP contribution in [-0.4, -0.2) is 26.1 Å². The Labute approximate surface area is 76.4 Å². The molecule has 0 aliphatic rings. The Hall–Kier alpha value is -1.39. The minimum Gasteiger partial charge on any atom is -0.476 e. The number of aromatic nitrogens is 3. The van der Waals surface area contributed by atoms with E-state index in [9.17, 15) is 4.79 Å². The molecule has 1 atom stereocenters. The van der Waals surface area contributed by atoms with Crippen molar-refractivity contribution in [2.24, 2.45) is 0 Å². The third kappa shape index (κ3) is 1.68. The van der Waals surface area contributed by atoms with Crippen molar-refractivity contribution in [2.45, 2.75) is 33.2 Å². The Morgan fingerprint density at radius 3 is 2.69 bits per heavy atom. The molecule has 5 heteroatoms. The van der Waals surface area contributed by atoms with Crippen LogP contribution in [0.3, 0.4) is 0 Å². The summed E-state index contributed by atoms with van der Waals surface area (Å²) in [5.74, 6) is -1.02. The molecule has 1 aromatic rings. The number of nitrogens with zero attached hydrogens (tertiary/aromatic N) is 3. The van der Waals surface area contributed by atoms with Gasteiger partial charge in [0.25, 0.3) is 0 Å². The second-order valence-corrected chi connectivity index (χ2v) is 3.03. The molecule has 0 amide bonds. The van der Waals surface area contributed by atoms with Crippen LogP contribution < -0.4 is 0 Å². The van der Waals surface area contributed by atoms with Crippen LogP contribution in [0.1, 0.15) is 42.5 Å². The molecule has 13 heavy (non-hydrogen) atoms. The van der Waals surface area contributed by atoms with E-state index in [1.54, 1.807) is 11.6 Å². The number of hydrogen-bond donors (Lipinski definition) is 1. The summed E-state index contributed by atoms with van der Waals surface area (Å²) in [5.41, 5.74) is 0.655. The average molecular weight is 183 g/mol. The minimum atomic E-state index is -1.02. The van der Waals surface area contributed by atoms with Crippen LogP contribution in [0.25, 0.3) is 0 Å². The van der Waals surface area contributed by atoms with Crippen LogP contribution in [0.2, 0.25) is 0 Å². The average Bonchev–Trinajstić information content (AvgIpc) is 2.46. The number of carboxylic acid groups (broad SMARTS) is 1. The standard InChI is InChI=1S/C8H13N3O2/c1-4-5(2)11-6(3)7(8(12)13)9-10-11/h5H,4H2,1-3H3,(H,12,13). The van der Waals surface area contributed by atoms with Gasteiger partial charge in [0, 0.05) is 0 Å². The number of hydrogen-bond acceptors (Lipinski definition) is 3. The van der Waals surface area contributed by atoms with Crippen molar-refractivity contribution in [2.75, 3.05) is 0 Å². The highest BCUT2D eigenvalue weighted by Gasteiger charge is 2.17. The third-order valence-corrected chi connectivity index (χ3v) is 2.14. The number of rotatable bonds is 3. The van der Waals surface area contributed by atoms with Gasteiger partial charge in [-0.2, -0.15) is 0 Å². The zero-order valence-electron chi connectivity index (χ0n) is 7.98. The van der Waals surface area contributed by atoms with Gasteiger partial charge < -0.3 is 5.11 Å².